The summed E-state index contributed by atoms with van der Waals surface area (Å²) in [4.78, 5) is 11.5. The van der Waals surface area contributed by atoms with Crippen LogP contribution < -0.4 is 5.73 Å². The van der Waals surface area contributed by atoms with Gasteiger partial charge in [0.1, 0.15) is 23.5 Å². The predicted molar refractivity (Wildman–Crippen MR) is 57.5 cm³/mol. The van der Waals surface area contributed by atoms with E-state index in [1.807, 2.05) is 0 Å². The second-order valence-corrected chi connectivity index (χ2v) is 4.52. The van der Waals surface area contributed by atoms with Gasteiger partial charge >= 0.3 is 5.97 Å². The Morgan fingerprint density at radius 2 is 2.19 bits per heavy atom. The Morgan fingerprint density at radius 1 is 1.56 bits per heavy atom. The molecule has 0 radical (unpaired) electrons. The molecule has 16 heavy (non-hydrogen) atoms. The van der Waals surface area contributed by atoms with E-state index in [2.05, 4.69) is 0 Å². The molecule has 0 aliphatic rings. The molecule has 0 saturated carbocycles. The van der Waals surface area contributed by atoms with Crippen molar-refractivity contribution < 1.29 is 19.1 Å². The zero-order chi connectivity index (χ0) is 12.3. The van der Waals surface area contributed by atoms with E-state index in [0.717, 1.165) is 0 Å². The molecular weight excluding hydrogens is 210 g/mol. The van der Waals surface area contributed by atoms with Gasteiger partial charge in [-0.2, -0.15) is 0 Å². The number of hydrogen-bond donors (Lipinski definition) is 2. The molecule has 0 aliphatic carbocycles. The van der Waals surface area contributed by atoms with Crippen molar-refractivity contribution in [2.45, 2.75) is 38.5 Å². The van der Waals surface area contributed by atoms with Gasteiger partial charge in [0.2, 0.25) is 0 Å². The van der Waals surface area contributed by atoms with Crippen LogP contribution in [0.4, 0.5) is 0 Å². The van der Waals surface area contributed by atoms with Crippen LogP contribution in [-0.4, -0.2) is 22.7 Å². The van der Waals surface area contributed by atoms with Gasteiger partial charge in [-0.15, -0.1) is 0 Å². The van der Waals surface area contributed by atoms with E-state index in [4.69, 9.17) is 14.9 Å². The highest BCUT2D eigenvalue weighted by Crippen LogP contribution is 2.18. The maximum absolute atomic E-state index is 11.5. The lowest BCUT2D eigenvalue weighted by molar-refractivity contribution is -0.159. The van der Waals surface area contributed by atoms with Crippen LogP contribution in [0, 0.1) is 0 Å². The van der Waals surface area contributed by atoms with Crippen LogP contribution in [0.3, 0.4) is 0 Å². The number of nitrogens with two attached hydrogens (primary N) is 1. The second-order valence-electron chi connectivity index (χ2n) is 4.52. The zero-order valence-corrected chi connectivity index (χ0v) is 9.64. The number of rotatable bonds is 3. The number of aliphatic hydroxyl groups excluding tert-OH is 1. The monoisotopic (exact) mass is 227 g/mol. The van der Waals surface area contributed by atoms with Crippen molar-refractivity contribution in [3.8, 4) is 0 Å². The van der Waals surface area contributed by atoms with E-state index in [1.165, 1.54) is 6.26 Å². The average molecular weight is 227 g/mol. The third kappa shape index (κ3) is 3.36. The number of ether oxygens (including phenoxy) is 1. The Bertz CT molecular complexity index is 339. The first-order valence-corrected chi connectivity index (χ1v) is 5.01. The summed E-state index contributed by atoms with van der Waals surface area (Å²) in [7, 11) is 0. The minimum absolute atomic E-state index is 0.248. The van der Waals surface area contributed by atoms with E-state index in [9.17, 15) is 9.90 Å². The number of carbonyl (C=O) groups is 1. The number of hydrogen-bond acceptors (Lipinski definition) is 5. The summed E-state index contributed by atoms with van der Waals surface area (Å²) in [6.07, 6.45) is 0.213. The molecule has 1 heterocycles. The molecule has 3 N–H and O–H groups in total. The molecule has 0 unspecified atom stereocenters. The minimum Gasteiger partial charge on any atom is -0.467 e. The van der Waals surface area contributed by atoms with Crippen molar-refractivity contribution in [3.05, 3.63) is 24.2 Å². The standard InChI is InChI=1S/C11H17NO4/c1-11(2,3)16-10(14)8(12)9(13)7-5-4-6-15-7/h4-6,8-9,13H,12H2,1-3H3/t8-,9+/m1/s1. The lowest BCUT2D eigenvalue weighted by atomic mass is 10.1. The highest BCUT2D eigenvalue weighted by Gasteiger charge is 2.30. The maximum Gasteiger partial charge on any atom is 0.326 e. The van der Waals surface area contributed by atoms with Gasteiger partial charge in [0.05, 0.1) is 6.26 Å². The van der Waals surface area contributed by atoms with Gasteiger partial charge in [-0.05, 0) is 32.9 Å². The molecular formula is C11H17NO4. The Kier molecular flexibility index (Phi) is 3.72. The summed E-state index contributed by atoms with van der Waals surface area (Å²) in [6, 6.07) is 2.01. The summed E-state index contributed by atoms with van der Waals surface area (Å²) >= 11 is 0. The molecule has 1 aromatic rings. The van der Waals surface area contributed by atoms with Crippen LogP contribution in [-0.2, 0) is 9.53 Å². The third-order valence-corrected chi connectivity index (χ3v) is 1.85. The van der Waals surface area contributed by atoms with Crippen LogP contribution in [0.2, 0.25) is 0 Å². The maximum atomic E-state index is 11.5. The fourth-order valence-corrected chi connectivity index (χ4v) is 1.14. The van der Waals surface area contributed by atoms with E-state index >= 15 is 0 Å². The van der Waals surface area contributed by atoms with Gasteiger partial charge in [-0.3, -0.25) is 4.79 Å². The predicted octanol–water partition coefficient (Wildman–Crippen LogP) is 0.982. The molecule has 5 heteroatoms. The van der Waals surface area contributed by atoms with E-state index in [-0.39, 0.29) is 5.76 Å². The van der Waals surface area contributed by atoms with Crippen molar-refractivity contribution in [2.75, 3.05) is 0 Å². The first-order valence-electron chi connectivity index (χ1n) is 5.01. The molecule has 0 amide bonds. The summed E-state index contributed by atoms with van der Waals surface area (Å²) in [5.74, 6) is -0.408. The van der Waals surface area contributed by atoms with Crippen molar-refractivity contribution in [2.24, 2.45) is 5.73 Å². The van der Waals surface area contributed by atoms with Gasteiger partial charge in [-0.1, -0.05) is 0 Å². The van der Waals surface area contributed by atoms with Gasteiger partial charge in [0, 0.05) is 0 Å². The van der Waals surface area contributed by atoms with Crippen molar-refractivity contribution in [3.63, 3.8) is 0 Å². The topological polar surface area (TPSA) is 85.7 Å². The van der Waals surface area contributed by atoms with E-state index in [0.29, 0.717) is 0 Å². The van der Waals surface area contributed by atoms with Crippen LogP contribution in [0.15, 0.2) is 22.8 Å². The summed E-state index contributed by atoms with van der Waals surface area (Å²) in [5, 5.41) is 9.73. The second kappa shape index (κ2) is 4.67. The summed E-state index contributed by atoms with van der Waals surface area (Å²) < 4.78 is 10.0. The number of esters is 1. The zero-order valence-electron chi connectivity index (χ0n) is 9.64. The molecule has 1 rings (SSSR count). The summed E-state index contributed by atoms with van der Waals surface area (Å²) in [6.45, 7) is 5.20. The molecule has 5 nitrogen and oxygen atoms in total. The van der Waals surface area contributed by atoms with Crippen molar-refractivity contribution in [1.29, 1.82) is 0 Å². The quantitative estimate of drug-likeness (QED) is 0.752. The minimum atomic E-state index is -1.19. The normalized spacial score (nSPS) is 15.6. The lowest BCUT2D eigenvalue weighted by Gasteiger charge is -2.23. The molecule has 2 atom stereocenters. The van der Waals surface area contributed by atoms with Gasteiger partial charge in [-0.25, -0.2) is 0 Å². The highest BCUT2D eigenvalue weighted by atomic mass is 16.6. The molecule has 0 aromatic carbocycles. The Balaban J connectivity index is 2.64. The number of carbonyl (C=O) groups excluding carboxylic acids is 1. The fourth-order valence-electron chi connectivity index (χ4n) is 1.14. The van der Waals surface area contributed by atoms with Gasteiger partial charge < -0.3 is 20.0 Å². The summed E-state index contributed by atoms with van der Waals surface area (Å²) in [5.41, 5.74) is 4.95. The van der Waals surface area contributed by atoms with E-state index in [1.54, 1.807) is 32.9 Å². The first-order chi connectivity index (χ1) is 7.31. The fraction of sp³-hybridized carbons (Fsp3) is 0.545. The molecule has 0 fully saturated rings. The van der Waals surface area contributed by atoms with Crippen LogP contribution >= 0.6 is 0 Å². The molecule has 0 aliphatic heterocycles. The Morgan fingerprint density at radius 3 is 2.62 bits per heavy atom. The van der Waals surface area contributed by atoms with E-state index < -0.39 is 23.7 Å². The molecule has 1 aromatic heterocycles. The molecule has 0 saturated heterocycles. The molecule has 90 valence electrons. The Hall–Kier alpha value is -1.33. The molecule has 0 bridgehead atoms. The van der Waals surface area contributed by atoms with Gasteiger partial charge in [0.15, 0.2) is 0 Å². The number of aliphatic hydroxyl groups is 1. The van der Waals surface area contributed by atoms with Crippen LogP contribution in [0.5, 0.6) is 0 Å². The first kappa shape index (κ1) is 12.7. The van der Waals surface area contributed by atoms with Crippen LogP contribution in [0.25, 0.3) is 0 Å². The van der Waals surface area contributed by atoms with Crippen molar-refractivity contribution in [1.82, 2.24) is 0 Å². The largest absolute Gasteiger partial charge is 0.467 e. The van der Waals surface area contributed by atoms with Crippen LogP contribution in [0.1, 0.15) is 32.6 Å². The van der Waals surface area contributed by atoms with Crippen molar-refractivity contribution >= 4 is 5.97 Å². The number of furan rings is 1. The SMILES string of the molecule is CC(C)(C)OC(=O)[C@H](N)[C@@H](O)c1ccco1. The highest BCUT2D eigenvalue weighted by molar-refractivity contribution is 5.76. The Labute approximate surface area is 94.2 Å². The molecule has 0 spiro atoms. The van der Waals surface area contributed by atoms with Gasteiger partial charge in [0.25, 0.3) is 0 Å². The third-order valence-electron chi connectivity index (χ3n) is 1.85. The smallest absolute Gasteiger partial charge is 0.326 e. The average Bonchev–Trinajstić information content (AvgIpc) is 2.65. The lowest BCUT2D eigenvalue weighted by Crippen LogP contribution is -2.41.